The zero-order valence-corrected chi connectivity index (χ0v) is 12.5. The van der Waals surface area contributed by atoms with E-state index in [4.69, 9.17) is 0 Å². The quantitative estimate of drug-likeness (QED) is 0.681. The van der Waals surface area contributed by atoms with Gasteiger partial charge in [-0.15, -0.1) is 0 Å². The van der Waals surface area contributed by atoms with E-state index in [1.165, 1.54) is 4.90 Å². The molecule has 8 heteroatoms. The van der Waals surface area contributed by atoms with E-state index >= 15 is 0 Å². The Labute approximate surface area is 128 Å². The van der Waals surface area contributed by atoms with Crippen molar-refractivity contribution < 1.29 is 28.5 Å². The molecule has 0 aromatic carbocycles. The predicted octanol–water partition coefficient (Wildman–Crippen LogP) is 0.0491. The molecule has 0 amide bonds. The van der Waals surface area contributed by atoms with Crippen molar-refractivity contribution in [3.8, 4) is 0 Å². The van der Waals surface area contributed by atoms with Gasteiger partial charge in [-0.25, -0.2) is 0 Å². The summed E-state index contributed by atoms with van der Waals surface area (Å²) in [6.45, 7) is 0.855. The Hall–Kier alpha value is -0.410. The second-order valence-electron chi connectivity index (χ2n) is 6.50. The van der Waals surface area contributed by atoms with Crippen molar-refractivity contribution in [2.45, 2.75) is 43.7 Å². The van der Waals surface area contributed by atoms with Gasteiger partial charge in [0.05, 0.1) is 25.4 Å². The van der Waals surface area contributed by atoms with Crippen molar-refractivity contribution in [1.29, 1.82) is 0 Å². The largest absolute Gasteiger partial charge is 0.401 e. The van der Waals surface area contributed by atoms with Crippen LogP contribution in [-0.4, -0.2) is 88.9 Å². The third kappa shape index (κ3) is 5.06. The van der Waals surface area contributed by atoms with Gasteiger partial charge in [-0.05, 0) is 38.3 Å². The van der Waals surface area contributed by atoms with Crippen LogP contribution in [0.4, 0.5) is 13.2 Å². The van der Waals surface area contributed by atoms with Crippen molar-refractivity contribution in [1.82, 2.24) is 9.80 Å². The summed E-state index contributed by atoms with van der Waals surface area (Å²) in [4.78, 5) is 3.39. The van der Waals surface area contributed by atoms with Crippen LogP contribution in [0.1, 0.15) is 19.3 Å². The zero-order valence-electron chi connectivity index (χ0n) is 12.5. The molecule has 3 atom stereocenters. The molecule has 0 saturated carbocycles. The summed E-state index contributed by atoms with van der Waals surface area (Å²) < 4.78 is 37.1. The predicted molar refractivity (Wildman–Crippen MR) is 74.3 cm³/mol. The lowest BCUT2D eigenvalue weighted by molar-refractivity contribution is -0.149. The first-order valence-corrected chi connectivity index (χ1v) is 7.78. The van der Waals surface area contributed by atoms with Crippen LogP contribution in [-0.2, 0) is 0 Å². The molecule has 5 nitrogen and oxygen atoms in total. The Morgan fingerprint density at radius 3 is 2.23 bits per heavy atom. The molecule has 1 unspecified atom stereocenters. The zero-order chi connectivity index (χ0) is 16.3. The first-order chi connectivity index (χ1) is 10.3. The van der Waals surface area contributed by atoms with Gasteiger partial charge in [0.1, 0.15) is 0 Å². The van der Waals surface area contributed by atoms with Gasteiger partial charge in [0.25, 0.3) is 0 Å². The highest BCUT2D eigenvalue weighted by Gasteiger charge is 2.36. The normalized spacial score (nSPS) is 33.3. The number of halogens is 3. The number of hydrogen-bond donors (Lipinski definition) is 3. The Balaban J connectivity index is 1.80. The molecular weight excluding hydrogens is 301 g/mol. The minimum atomic E-state index is -4.15. The van der Waals surface area contributed by atoms with E-state index in [9.17, 15) is 28.5 Å². The highest BCUT2D eigenvalue weighted by atomic mass is 19.4. The molecule has 0 spiro atoms. The molecule has 2 aliphatic heterocycles. The number of nitrogens with zero attached hydrogens (tertiary/aromatic N) is 2. The average molecular weight is 326 g/mol. The van der Waals surface area contributed by atoms with E-state index in [0.29, 0.717) is 45.4 Å². The highest BCUT2D eigenvalue weighted by Crippen LogP contribution is 2.25. The molecule has 2 rings (SSSR count). The Bertz CT molecular complexity index is 349. The summed E-state index contributed by atoms with van der Waals surface area (Å²) in [6, 6.07) is -0.188. The van der Waals surface area contributed by atoms with Gasteiger partial charge in [0, 0.05) is 19.1 Å². The van der Waals surface area contributed by atoms with E-state index in [1.807, 2.05) is 4.90 Å². The Kier molecular flexibility index (Phi) is 6.07. The highest BCUT2D eigenvalue weighted by molar-refractivity contribution is 4.88. The van der Waals surface area contributed by atoms with E-state index < -0.39 is 24.9 Å². The van der Waals surface area contributed by atoms with Crippen molar-refractivity contribution in [2.24, 2.45) is 5.92 Å². The molecule has 0 aliphatic carbocycles. The van der Waals surface area contributed by atoms with Crippen LogP contribution in [0, 0.1) is 5.92 Å². The van der Waals surface area contributed by atoms with Gasteiger partial charge in [0.2, 0.25) is 0 Å². The van der Waals surface area contributed by atoms with Gasteiger partial charge in [-0.2, -0.15) is 13.2 Å². The van der Waals surface area contributed by atoms with Crippen molar-refractivity contribution in [3.05, 3.63) is 0 Å². The molecule has 2 heterocycles. The van der Waals surface area contributed by atoms with Crippen molar-refractivity contribution in [2.75, 3.05) is 39.3 Å². The minimum Gasteiger partial charge on any atom is -0.395 e. The molecule has 0 radical (unpaired) electrons. The Morgan fingerprint density at radius 2 is 1.68 bits per heavy atom. The maximum absolute atomic E-state index is 12.4. The molecular formula is C14H25F3N2O3. The van der Waals surface area contributed by atoms with Crippen LogP contribution in [0.5, 0.6) is 0 Å². The third-order valence-corrected chi connectivity index (χ3v) is 4.71. The molecule has 0 aromatic heterocycles. The molecule has 130 valence electrons. The van der Waals surface area contributed by atoms with Crippen LogP contribution in [0.15, 0.2) is 0 Å². The Morgan fingerprint density at radius 1 is 1.05 bits per heavy atom. The summed E-state index contributed by atoms with van der Waals surface area (Å²) in [5.74, 6) is 0.265. The molecule has 3 N–H and O–H groups in total. The monoisotopic (exact) mass is 326 g/mol. The fourth-order valence-corrected chi connectivity index (χ4v) is 3.42. The third-order valence-electron chi connectivity index (χ3n) is 4.71. The SMILES string of the molecule is OC[C@H]1CC(O)[C@@H](O)CN1CC1CCN(CC(F)(F)F)CC1. The number of β-amino-alcohol motifs (C(OH)–C–C–N with tert-alkyl or cyclic N) is 1. The summed E-state index contributed by atoms with van der Waals surface area (Å²) in [5, 5.41) is 28.8. The lowest BCUT2D eigenvalue weighted by atomic mass is 9.92. The summed E-state index contributed by atoms with van der Waals surface area (Å²) >= 11 is 0. The van der Waals surface area contributed by atoms with Crippen molar-refractivity contribution >= 4 is 0 Å². The van der Waals surface area contributed by atoms with Gasteiger partial charge < -0.3 is 15.3 Å². The fourth-order valence-electron chi connectivity index (χ4n) is 3.42. The lowest BCUT2D eigenvalue weighted by Crippen LogP contribution is -2.55. The summed E-state index contributed by atoms with van der Waals surface area (Å²) in [7, 11) is 0. The number of hydrogen-bond acceptors (Lipinski definition) is 5. The van der Waals surface area contributed by atoms with Crippen LogP contribution in [0.25, 0.3) is 0 Å². The van der Waals surface area contributed by atoms with Crippen LogP contribution < -0.4 is 0 Å². The summed E-state index contributed by atoms with van der Waals surface area (Å²) in [5.41, 5.74) is 0. The maximum atomic E-state index is 12.4. The fraction of sp³-hybridized carbons (Fsp3) is 1.00. The average Bonchev–Trinajstić information content (AvgIpc) is 2.43. The summed E-state index contributed by atoms with van der Waals surface area (Å²) in [6.07, 6.45) is -4.10. The number of likely N-dealkylation sites (tertiary alicyclic amines) is 2. The van der Waals surface area contributed by atoms with Crippen LogP contribution in [0.3, 0.4) is 0 Å². The first kappa shape index (κ1) is 17.9. The van der Waals surface area contributed by atoms with Gasteiger partial charge in [-0.1, -0.05) is 0 Å². The molecule has 2 fully saturated rings. The second-order valence-corrected chi connectivity index (χ2v) is 6.50. The number of aliphatic hydroxyl groups excluding tert-OH is 3. The molecule has 2 saturated heterocycles. The lowest BCUT2D eigenvalue weighted by Gasteiger charge is -2.42. The van der Waals surface area contributed by atoms with Gasteiger partial charge in [-0.3, -0.25) is 9.80 Å². The van der Waals surface area contributed by atoms with Gasteiger partial charge >= 0.3 is 6.18 Å². The molecule has 0 bridgehead atoms. The number of aliphatic hydroxyl groups is 3. The van der Waals surface area contributed by atoms with E-state index in [-0.39, 0.29) is 18.6 Å². The smallest absolute Gasteiger partial charge is 0.395 e. The van der Waals surface area contributed by atoms with E-state index in [1.54, 1.807) is 0 Å². The van der Waals surface area contributed by atoms with Crippen molar-refractivity contribution in [3.63, 3.8) is 0 Å². The van der Waals surface area contributed by atoms with Gasteiger partial charge in [0.15, 0.2) is 0 Å². The minimum absolute atomic E-state index is 0.0866. The maximum Gasteiger partial charge on any atom is 0.401 e. The molecule has 2 aliphatic rings. The number of alkyl halides is 3. The molecule has 0 aromatic rings. The standard InChI is InChI=1S/C14H25F3N2O3/c15-14(16,17)9-18-3-1-10(2-4-18)6-19-7-13(22)12(21)5-11(19)8-20/h10-13,20-22H,1-9H2/t11-,12?,13+/m1/s1. The second kappa shape index (κ2) is 7.44. The van der Waals surface area contributed by atoms with Crippen LogP contribution in [0.2, 0.25) is 0 Å². The topological polar surface area (TPSA) is 67.2 Å². The van der Waals surface area contributed by atoms with E-state index in [2.05, 4.69) is 0 Å². The number of rotatable bonds is 4. The van der Waals surface area contributed by atoms with Crippen LogP contribution >= 0.6 is 0 Å². The number of piperidine rings is 2. The first-order valence-electron chi connectivity index (χ1n) is 7.78. The molecule has 22 heavy (non-hydrogen) atoms. The van der Waals surface area contributed by atoms with E-state index in [0.717, 1.165) is 0 Å².